The lowest BCUT2D eigenvalue weighted by Gasteiger charge is -2.37. The van der Waals surface area contributed by atoms with Crippen molar-refractivity contribution in [2.75, 3.05) is 82.9 Å². The average Bonchev–Trinajstić information content (AvgIpc) is 2.97. The SMILES string of the molecule is CN(C)C(=O)N[C@H]1CC[C@H](CCN2CCN(c3cc(-c4cccnc4)cc(N4CCOCC4)n3)CC2)CC1. The van der Waals surface area contributed by atoms with Crippen LogP contribution in [0.1, 0.15) is 32.1 Å². The molecule has 5 rings (SSSR count). The van der Waals surface area contributed by atoms with E-state index in [4.69, 9.17) is 9.72 Å². The number of rotatable bonds is 7. The summed E-state index contributed by atoms with van der Waals surface area (Å²) in [4.78, 5) is 30.4. The van der Waals surface area contributed by atoms with E-state index in [-0.39, 0.29) is 6.03 Å². The molecule has 1 saturated carbocycles. The summed E-state index contributed by atoms with van der Waals surface area (Å²) < 4.78 is 5.58. The first kappa shape index (κ1) is 26.7. The van der Waals surface area contributed by atoms with Crippen LogP contribution < -0.4 is 15.1 Å². The van der Waals surface area contributed by atoms with Crippen molar-refractivity contribution in [3.8, 4) is 11.1 Å². The van der Waals surface area contributed by atoms with Crippen molar-refractivity contribution >= 4 is 17.7 Å². The van der Waals surface area contributed by atoms with Gasteiger partial charge in [0.25, 0.3) is 0 Å². The van der Waals surface area contributed by atoms with Crippen LogP contribution in [-0.4, -0.2) is 105 Å². The molecule has 0 atom stereocenters. The second-order valence-corrected chi connectivity index (χ2v) is 11.1. The molecule has 2 aliphatic heterocycles. The van der Waals surface area contributed by atoms with Gasteiger partial charge in [-0.05, 0) is 68.3 Å². The molecule has 0 aromatic carbocycles. The van der Waals surface area contributed by atoms with Crippen molar-refractivity contribution in [2.24, 2.45) is 5.92 Å². The summed E-state index contributed by atoms with van der Waals surface area (Å²) in [6.07, 6.45) is 9.64. The zero-order chi connectivity index (χ0) is 26.3. The maximum Gasteiger partial charge on any atom is 0.317 e. The Labute approximate surface area is 227 Å². The van der Waals surface area contributed by atoms with Gasteiger partial charge in [-0.15, -0.1) is 0 Å². The Morgan fingerprint density at radius 2 is 1.66 bits per heavy atom. The summed E-state index contributed by atoms with van der Waals surface area (Å²) in [5, 5.41) is 3.16. The lowest BCUT2D eigenvalue weighted by Crippen LogP contribution is -2.47. The molecule has 9 heteroatoms. The van der Waals surface area contributed by atoms with Crippen molar-refractivity contribution in [3.63, 3.8) is 0 Å². The minimum absolute atomic E-state index is 0.0313. The highest BCUT2D eigenvalue weighted by Crippen LogP contribution is 2.30. The second kappa shape index (κ2) is 12.8. The first-order chi connectivity index (χ1) is 18.5. The normalized spacial score (nSPS) is 22.8. The molecule has 3 fully saturated rings. The van der Waals surface area contributed by atoms with E-state index < -0.39 is 0 Å². The molecule has 2 amide bonds. The Balaban J connectivity index is 1.14. The summed E-state index contributed by atoms with van der Waals surface area (Å²) >= 11 is 0. The smallest absolute Gasteiger partial charge is 0.317 e. The van der Waals surface area contributed by atoms with E-state index in [0.717, 1.165) is 95.0 Å². The molecule has 2 aromatic heterocycles. The molecule has 3 aliphatic rings. The Kier molecular flexibility index (Phi) is 8.96. The number of morpholine rings is 1. The zero-order valence-electron chi connectivity index (χ0n) is 23.0. The predicted octanol–water partition coefficient (Wildman–Crippen LogP) is 3.32. The number of ether oxygens (including phenoxy) is 1. The first-order valence-electron chi connectivity index (χ1n) is 14.3. The number of nitrogens with one attached hydrogen (secondary N) is 1. The number of carbonyl (C=O) groups excluding carboxylic acids is 1. The lowest BCUT2D eigenvalue weighted by molar-refractivity contribution is 0.122. The van der Waals surface area contributed by atoms with Crippen LogP contribution in [0.2, 0.25) is 0 Å². The maximum absolute atomic E-state index is 11.9. The van der Waals surface area contributed by atoms with Crippen LogP contribution in [0.15, 0.2) is 36.7 Å². The van der Waals surface area contributed by atoms with Crippen LogP contribution in [0.4, 0.5) is 16.4 Å². The van der Waals surface area contributed by atoms with Gasteiger partial charge in [0.1, 0.15) is 11.6 Å². The van der Waals surface area contributed by atoms with Gasteiger partial charge < -0.3 is 24.8 Å². The van der Waals surface area contributed by atoms with Gasteiger partial charge in [0.05, 0.1) is 13.2 Å². The first-order valence-corrected chi connectivity index (χ1v) is 14.3. The van der Waals surface area contributed by atoms with E-state index in [9.17, 15) is 4.79 Å². The predicted molar refractivity (Wildman–Crippen MR) is 152 cm³/mol. The van der Waals surface area contributed by atoms with Gasteiger partial charge in [-0.1, -0.05) is 6.07 Å². The molecule has 4 heterocycles. The van der Waals surface area contributed by atoms with E-state index in [1.54, 1.807) is 19.0 Å². The van der Waals surface area contributed by atoms with Crippen LogP contribution >= 0.6 is 0 Å². The quantitative estimate of drug-likeness (QED) is 0.599. The summed E-state index contributed by atoms with van der Waals surface area (Å²) in [6, 6.07) is 8.91. The van der Waals surface area contributed by atoms with Crippen molar-refractivity contribution in [1.82, 2.24) is 25.1 Å². The van der Waals surface area contributed by atoms with E-state index in [0.29, 0.717) is 6.04 Å². The van der Waals surface area contributed by atoms with Crippen LogP contribution in [0.25, 0.3) is 11.1 Å². The molecule has 206 valence electrons. The standard InChI is InChI=1S/C29H43N7O2/c1-33(2)29(37)31-26-7-5-23(6-8-26)9-11-34-12-14-35(15-13-34)27-20-25(24-4-3-10-30-22-24)21-28(32-27)36-16-18-38-19-17-36/h3-4,10,20-23,26H,5-9,11-19H2,1-2H3,(H,31,37)/t23-,26-. The highest BCUT2D eigenvalue weighted by atomic mass is 16.5. The largest absolute Gasteiger partial charge is 0.378 e. The number of pyridine rings is 2. The topological polar surface area (TPSA) is 77.1 Å². The van der Waals surface area contributed by atoms with Gasteiger partial charge in [0.15, 0.2) is 0 Å². The summed E-state index contributed by atoms with van der Waals surface area (Å²) in [5.74, 6) is 2.87. The molecule has 1 N–H and O–H groups in total. The molecular weight excluding hydrogens is 478 g/mol. The minimum atomic E-state index is 0.0313. The monoisotopic (exact) mass is 521 g/mol. The Bertz CT molecular complexity index is 1030. The van der Waals surface area contributed by atoms with Crippen LogP contribution in [0, 0.1) is 5.92 Å². The fraction of sp³-hybridized carbons (Fsp3) is 0.621. The van der Waals surface area contributed by atoms with Crippen molar-refractivity contribution < 1.29 is 9.53 Å². The lowest BCUT2D eigenvalue weighted by atomic mass is 9.84. The fourth-order valence-electron chi connectivity index (χ4n) is 5.78. The molecular formula is C29H43N7O2. The molecule has 0 bridgehead atoms. The van der Waals surface area contributed by atoms with E-state index in [1.165, 1.54) is 24.8 Å². The average molecular weight is 522 g/mol. The highest BCUT2D eigenvalue weighted by molar-refractivity contribution is 5.73. The van der Waals surface area contributed by atoms with E-state index in [1.807, 2.05) is 18.5 Å². The second-order valence-electron chi connectivity index (χ2n) is 11.1. The number of carbonyl (C=O) groups is 1. The third-order valence-electron chi connectivity index (χ3n) is 8.26. The molecule has 9 nitrogen and oxygen atoms in total. The Morgan fingerprint density at radius 1 is 0.974 bits per heavy atom. The maximum atomic E-state index is 11.9. The van der Waals surface area contributed by atoms with Crippen LogP contribution in [0.5, 0.6) is 0 Å². The molecule has 0 unspecified atom stereocenters. The summed E-state index contributed by atoms with van der Waals surface area (Å²) in [7, 11) is 3.61. The van der Waals surface area contributed by atoms with Crippen LogP contribution in [-0.2, 0) is 4.74 Å². The fourth-order valence-corrected chi connectivity index (χ4v) is 5.78. The van der Waals surface area contributed by atoms with Gasteiger partial charge in [-0.2, -0.15) is 0 Å². The number of amides is 2. The molecule has 2 aromatic rings. The molecule has 2 saturated heterocycles. The summed E-state index contributed by atoms with van der Waals surface area (Å²) in [6.45, 7) is 8.54. The third kappa shape index (κ3) is 6.94. The highest BCUT2D eigenvalue weighted by Gasteiger charge is 2.25. The van der Waals surface area contributed by atoms with Gasteiger partial charge >= 0.3 is 6.03 Å². The van der Waals surface area contributed by atoms with Crippen molar-refractivity contribution in [3.05, 3.63) is 36.7 Å². The van der Waals surface area contributed by atoms with Gasteiger partial charge in [-0.25, -0.2) is 9.78 Å². The summed E-state index contributed by atoms with van der Waals surface area (Å²) in [5.41, 5.74) is 2.30. The van der Waals surface area contributed by atoms with Gasteiger partial charge in [-0.3, -0.25) is 9.88 Å². The number of hydrogen-bond acceptors (Lipinski definition) is 7. The van der Waals surface area contributed by atoms with Crippen molar-refractivity contribution in [2.45, 2.75) is 38.1 Å². The van der Waals surface area contributed by atoms with Gasteiger partial charge in [0, 0.05) is 77.4 Å². The number of hydrogen-bond donors (Lipinski definition) is 1. The number of anilines is 2. The van der Waals surface area contributed by atoms with Gasteiger partial charge in [0.2, 0.25) is 0 Å². The van der Waals surface area contributed by atoms with Crippen molar-refractivity contribution in [1.29, 1.82) is 0 Å². The third-order valence-corrected chi connectivity index (χ3v) is 8.26. The molecule has 1 aliphatic carbocycles. The number of nitrogens with zero attached hydrogens (tertiary/aromatic N) is 6. The number of urea groups is 1. The Morgan fingerprint density at radius 3 is 2.29 bits per heavy atom. The minimum Gasteiger partial charge on any atom is -0.378 e. The van der Waals surface area contributed by atoms with E-state index in [2.05, 4.69) is 43.2 Å². The van der Waals surface area contributed by atoms with E-state index >= 15 is 0 Å². The Hall–Kier alpha value is -2.91. The zero-order valence-corrected chi connectivity index (χ0v) is 23.0. The molecule has 38 heavy (non-hydrogen) atoms. The molecule has 0 radical (unpaired) electrons. The number of piperazine rings is 1. The van der Waals surface area contributed by atoms with Crippen LogP contribution in [0.3, 0.4) is 0 Å². The molecule has 0 spiro atoms. The number of aromatic nitrogens is 2.